The van der Waals surface area contributed by atoms with Gasteiger partial charge in [0.25, 0.3) is 0 Å². The predicted octanol–water partition coefficient (Wildman–Crippen LogP) is 5.08. The molecule has 0 saturated heterocycles. The highest BCUT2D eigenvalue weighted by molar-refractivity contribution is 6.42. The average Bonchev–Trinajstić information content (AvgIpc) is 2.44. The maximum atomic E-state index is 6.41. The van der Waals surface area contributed by atoms with Gasteiger partial charge in [-0.1, -0.05) is 61.5 Å². The Labute approximate surface area is 126 Å². The van der Waals surface area contributed by atoms with Crippen molar-refractivity contribution < 1.29 is 0 Å². The topological polar surface area (TPSA) is 26.0 Å². The molecule has 1 fully saturated rings. The van der Waals surface area contributed by atoms with Gasteiger partial charge in [-0.05, 0) is 42.7 Å². The van der Waals surface area contributed by atoms with Gasteiger partial charge in [-0.25, -0.2) is 0 Å². The molecule has 0 radical (unpaired) electrons. The third-order valence-electron chi connectivity index (χ3n) is 4.49. The van der Waals surface area contributed by atoms with E-state index in [1.807, 2.05) is 18.2 Å². The number of hydrogen-bond donors (Lipinski definition) is 1. The van der Waals surface area contributed by atoms with E-state index in [1.165, 1.54) is 32.1 Å². The van der Waals surface area contributed by atoms with Gasteiger partial charge in [0, 0.05) is 6.04 Å². The first-order chi connectivity index (χ1) is 9.11. The van der Waals surface area contributed by atoms with E-state index in [4.69, 9.17) is 28.9 Å². The number of hydrogen-bond acceptors (Lipinski definition) is 1. The van der Waals surface area contributed by atoms with Gasteiger partial charge in [-0.15, -0.1) is 0 Å². The molecule has 0 bridgehead atoms. The van der Waals surface area contributed by atoms with Crippen LogP contribution in [0, 0.1) is 11.8 Å². The summed E-state index contributed by atoms with van der Waals surface area (Å²) in [5.74, 6) is 1.49. The quantitative estimate of drug-likeness (QED) is 0.824. The van der Waals surface area contributed by atoms with E-state index >= 15 is 0 Å². The molecule has 2 N–H and O–H groups in total. The Bertz CT molecular complexity index is 419. The zero-order chi connectivity index (χ0) is 13.8. The van der Waals surface area contributed by atoms with Crippen LogP contribution in [0.25, 0.3) is 0 Å². The molecule has 1 aliphatic rings. The van der Waals surface area contributed by atoms with Crippen molar-refractivity contribution >= 4 is 23.2 Å². The highest BCUT2D eigenvalue weighted by atomic mass is 35.5. The monoisotopic (exact) mass is 299 g/mol. The molecule has 0 aromatic heterocycles. The lowest BCUT2D eigenvalue weighted by Crippen LogP contribution is -2.35. The summed E-state index contributed by atoms with van der Waals surface area (Å²) >= 11 is 12.3. The van der Waals surface area contributed by atoms with Crippen molar-refractivity contribution in [2.45, 2.75) is 51.5 Å². The fraction of sp³-hybridized carbons (Fsp3) is 0.625. The number of benzene rings is 1. The van der Waals surface area contributed by atoms with E-state index in [-0.39, 0.29) is 6.04 Å². The van der Waals surface area contributed by atoms with Crippen molar-refractivity contribution in [3.63, 3.8) is 0 Å². The largest absolute Gasteiger partial charge is 0.327 e. The van der Waals surface area contributed by atoms with Crippen molar-refractivity contribution in [3.05, 3.63) is 33.8 Å². The molecule has 1 aromatic carbocycles. The van der Waals surface area contributed by atoms with Crippen LogP contribution < -0.4 is 5.73 Å². The second-order valence-corrected chi connectivity index (χ2v) is 6.57. The van der Waals surface area contributed by atoms with E-state index in [9.17, 15) is 0 Å². The molecule has 1 aliphatic carbocycles. The van der Waals surface area contributed by atoms with Crippen LogP contribution in [-0.2, 0) is 6.42 Å². The van der Waals surface area contributed by atoms with Gasteiger partial charge >= 0.3 is 0 Å². The average molecular weight is 300 g/mol. The number of nitrogens with two attached hydrogens (primary N) is 1. The fourth-order valence-corrected chi connectivity index (χ4v) is 3.62. The molecular weight excluding hydrogens is 277 g/mol. The predicted molar refractivity (Wildman–Crippen MR) is 83.9 cm³/mol. The summed E-state index contributed by atoms with van der Waals surface area (Å²) in [5.41, 5.74) is 7.50. The standard InChI is InChI=1S/C16H23Cl2N/c1-2-11-5-3-6-12(9-11)15(19)10-13-7-4-8-14(17)16(13)18/h4,7-8,11-12,15H,2-3,5-6,9-10,19H2,1H3. The number of halogens is 2. The van der Waals surface area contributed by atoms with E-state index < -0.39 is 0 Å². The zero-order valence-electron chi connectivity index (χ0n) is 11.5. The van der Waals surface area contributed by atoms with E-state index in [2.05, 4.69) is 6.92 Å². The van der Waals surface area contributed by atoms with Gasteiger partial charge < -0.3 is 5.73 Å². The molecule has 0 aliphatic heterocycles. The summed E-state index contributed by atoms with van der Waals surface area (Å²) in [5, 5.41) is 1.30. The molecule has 3 atom stereocenters. The fourth-order valence-electron chi connectivity index (χ4n) is 3.22. The summed E-state index contributed by atoms with van der Waals surface area (Å²) in [6, 6.07) is 6.01. The molecule has 3 heteroatoms. The lowest BCUT2D eigenvalue weighted by Gasteiger charge is -2.32. The zero-order valence-corrected chi connectivity index (χ0v) is 13.1. The van der Waals surface area contributed by atoms with Crippen LogP contribution in [0.15, 0.2) is 18.2 Å². The van der Waals surface area contributed by atoms with Gasteiger partial charge in [-0.3, -0.25) is 0 Å². The molecule has 19 heavy (non-hydrogen) atoms. The molecule has 1 saturated carbocycles. The van der Waals surface area contributed by atoms with E-state index in [0.29, 0.717) is 16.0 Å². The first kappa shape index (κ1) is 15.2. The Morgan fingerprint density at radius 2 is 2.11 bits per heavy atom. The summed E-state index contributed by atoms with van der Waals surface area (Å²) in [6.45, 7) is 2.28. The molecule has 0 heterocycles. The summed E-state index contributed by atoms with van der Waals surface area (Å²) in [4.78, 5) is 0. The Balaban J connectivity index is 2.00. The Morgan fingerprint density at radius 1 is 1.32 bits per heavy atom. The summed E-state index contributed by atoms with van der Waals surface area (Å²) in [7, 11) is 0. The minimum absolute atomic E-state index is 0.199. The maximum absolute atomic E-state index is 6.41. The molecular formula is C16H23Cl2N. The van der Waals surface area contributed by atoms with E-state index in [0.717, 1.165) is 17.9 Å². The first-order valence-corrected chi connectivity index (χ1v) is 8.05. The van der Waals surface area contributed by atoms with Gasteiger partial charge in [-0.2, -0.15) is 0 Å². The Hall–Kier alpha value is -0.240. The van der Waals surface area contributed by atoms with Gasteiger partial charge in [0.15, 0.2) is 0 Å². The molecule has 1 aromatic rings. The van der Waals surface area contributed by atoms with Crippen LogP contribution >= 0.6 is 23.2 Å². The highest BCUT2D eigenvalue weighted by Crippen LogP contribution is 2.34. The molecule has 1 nitrogen and oxygen atoms in total. The molecule has 106 valence electrons. The second kappa shape index (κ2) is 6.97. The second-order valence-electron chi connectivity index (χ2n) is 5.78. The van der Waals surface area contributed by atoms with Crippen molar-refractivity contribution in [2.75, 3.05) is 0 Å². The van der Waals surface area contributed by atoms with Gasteiger partial charge in [0.2, 0.25) is 0 Å². The molecule has 0 amide bonds. The van der Waals surface area contributed by atoms with Crippen molar-refractivity contribution in [3.8, 4) is 0 Å². The van der Waals surface area contributed by atoms with Crippen molar-refractivity contribution in [1.82, 2.24) is 0 Å². The van der Waals surface area contributed by atoms with Crippen LogP contribution in [0.4, 0.5) is 0 Å². The van der Waals surface area contributed by atoms with E-state index in [1.54, 1.807) is 0 Å². The summed E-state index contributed by atoms with van der Waals surface area (Å²) in [6.07, 6.45) is 7.34. The lowest BCUT2D eigenvalue weighted by molar-refractivity contribution is 0.228. The van der Waals surface area contributed by atoms with Crippen molar-refractivity contribution in [1.29, 1.82) is 0 Å². The smallest absolute Gasteiger partial charge is 0.0624 e. The third kappa shape index (κ3) is 3.87. The Kier molecular flexibility index (Phi) is 5.56. The third-order valence-corrected chi connectivity index (χ3v) is 5.35. The Morgan fingerprint density at radius 3 is 2.84 bits per heavy atom. The van der Waals surface area contributed by atoms with Gasteiger partial charge in [0.1, 0.15) is 0 Å². The lowest BCUT2D eigenvalue weighted by atomic mass is 9.76. The minimum Gasteiger partial charge on any atom is -0.327 e. The van der Waals surface area contributed by atoms with Crippen molar-refractivity contribution in [2.24, 2.45) is 17.6 Å². The van der Waals surface area contributed by atoms with Crippen LogP contribution in [0.1, 0.15) is 44.6 Å². The summed E-state index contributed by atoms with van der Waals surface area (Å²) < 4.78 is 0. The minimum atomic E-state index is 0.199. The number of rotatable bonds is 4. The highest BCUT2D eigenvalue weighted by Gasteiger charge is 2.26. The first-order valence-electron chi connectivity index (χ1n) is 7.30. The molecule has 2 rings (SSSR count). The van der Waals surface area contributed by atoms with Crippen LogP contribution in [0.2, 0.25) is 10.0 Å². The maximum Gasteiger partial charge on any atom is 0.0624 e. The molecule has 0 spiro atoms. The van der Waals surface area contributed by atoms with Gasteiger partial charge in [0.05, 0.1) is 10.0 Å². The van der Waals surface area contributed by atoms with Crippen LogP contribution in [0.3, 0.4) is 0 Å². The van der Waals surface area contributed by atoms with Crippen LogP contribution in [0.5, 0.6) is 0 Å². The molecule has 3 unspecified atom stereocenters. The SMILES string of the molecule is CCC1CCCC(C(N)Cc2cccc(Cl)c2Cl)C1. The van der Waals surface area contributed by atoms with Crippen LogP contribution in [-0.4, -0.2) is 6.04 Å². The normalized spacial score (nSPS) is 25.3.